The van der Waals surface area contributed by atoms with Crippen molar-refractivity contribution in [1.29, 1.82) is 0 Å². The number of amides is 2. The van der Waals surface area contributed by atoms with Crippen molar-refractivity contribution in [2.24, 2.45) is 0 Å². The predicted octanol–water partition coefficient (Wildman–Crippen LogP) is 1.74. The Morgan fingerprint density at radius 2 is 2.12 bits per heavy atom. The van der Waals surface area contributed by atoms with E-state index in [0.717, 1.165) is 12.0 Å². The molecule has 2 N–H and O–H groups in total. The Balaban J connectivity index is 2.55. The number of aryl methyl sites for hydroxylation is 2. The van der Waals surface area contributed by atoms with E-state index in [4.69, 9.17) is 0 Å². The summed E-state index contributed by atoms with van der Waals surface area (Å²) in [4.78, 5) is 24.7. The van der Waals surface area contributed by atoms with Crippen molar-refractivity contribution >= 4 is 34.9 Å². The molecule has 0 fully saturated rings. The maximum Gasteiger partial charge on any atom is 0.279 e. The van der Waals surface area contributed by atoms with Crippen LogP contribution >= 0.6 is 23.1 Å². The second kappa shape index (κ2) is 6.66. The fourth-order valence-electron chi connectivity index (χ4n) is 1.34. The lowest BCUT2D eigenvalue weighted by Gasteiger charge is -2.04. The molecule has 0 aliphatic rings. The van der Waals surface area contributed by atoms with Crippen LogP contribution < -0.4 is 10.9 Å². The second-order valence-corrected chi connectivity index (χ2v) is 5.51. The lowest BCUT2D eigenvalue weighted by Crippen LogP contribution is -2.42. The summed E-state index contributed by atoms with van der Waals surface area (Å²) in [7, 11) is 0. The minimum atomic E-state index is -0.257. The molecule has 1 heterocycles. The Hall–Kier alpha value is -1.01. The first-order valence-electron chi connectivity index (χ1n) is 5.25. The van der Waals surface area contributed by atoms with Gasteiger partial charge in [0.05, 0.1) is 10.6 Å². The fourth-order valence-corrected chi connectivity index (χ4v) is 2.68. The van der Waals surface area contributed by atoms with Crippen molar-refractivity contribution in [2.75, 3.05) is 12.0 Å². The lowest BCUT2D eigenvalue weighted by molar-refractivity contribution is -0.119. The number of thiophene rings is 1. The van der Waals surface area contributed by atoms with Crippen LogP contribution in [0, 0.1) is 6.92 Å². The van der Waals surface area contributed by atoms with Crippen LogP contribution in [0.2, 0.25) is 0 Å². The third-order valence-electron chi connectivity index (χ3n) is 2.16. The highest BCUT2D eigenvalue weighted by Crippen LogP contribution is 2.21. The summed E-state index contributed by atoms with van der Waals surface area (Å²) in [6.45, 7) is 4.04. The summed E-state index contributed by atoms with van der Waals surface area (Å²) < 4.78 is 0. The van der Waals surface area contributed by atoms with Gasteiger partial charge in [-0.15, -0.1) is 11.3 Å². The first-order valence-corrected chi connectivity index (χ1v) is 7.47. The molecule has 0 unspecified atom stereocenters. The van der Waals surface area contributed by atoms with Crippen LogP contribution in [0.5, 0.6) is 0 Å². The van der Waals surface area contributed by atoms with Gasteiger partial charge >= 0.3 is 0 Å². The first-order chi connectivity index (χ1) is 8.08. The third-order valence-corrected chi connectivity index (χ3v) is 4.09. The third kappa shape index (κ3) is 4.05. The monoisotopic (exact) mass is 272 g/mol. The van der Waals surface area contributed by atoms with Crippen LogP contribution in [0.4, 0.5) is 0 Å². The molecule has 17 heavy (non-hydrogen) atoms. The van der Waals surface area contributed by atoms with Gasteiger partial charge in [0.2, 0.25) is 5.91 Å². The normalized spacial score (nSPS) is 10.1. The Bertz CT molecular complexity index is 416. The largest absolute Gasteiger partial charge is 0.279 e. The molecule has 0 bridgehead atoms. The summed E-state index contributed by atoms with van der Waals surface area (Å²) in [6, 6.07) is 1.85. The van der Waals surface area contributed by atoms with E-state index in [9.17, 15) is 9.59 Å². The molecule has 94 valence electrons. The number of rotatable bonds is 4. The molecule has 4 nitrogen and oxygen atoms in total. The minimum Gasteiger partial charge on any atom is -0.272 e. The molecule has 0 spiro atoms. The van der Waals surface area contributed by atoms with Gasteiger partial charge in [-0.1, -0.05) is 6.92 Å². The van der Waals surface area contributed by atoms with E-state index < -0.39 is 0 Å². The molecule has 0 saturated heterocycles. The number of hydrogen-bond acceptors (Lipinski definition) is 4. The van der Waals surface area contributed by atoms with Crippen molar-refractivity contribution in [3.8, 4) is 0 Å². The van der Waals surface area contributed by atoms with Crippen LogP contribution in [-0.4, -0.2) is 23.8 Å². The summed E-state index contributed by atoms with van der Waals surface area (Å²) in [5.74, 6) is -0.119. The molecule has 6 heteroatoms. The summed E-state index contributed by atoms with van der Waals surface area (Å²) in [5, 5.41) is 0. The highest BCUT2D eigenvalue weighted by atomic mass is 32.2. The number of thioether (sulfide) groups is 1. The number of carbonyl (C=O) groups is 2. The van der Waals surface area contributed by atoms with Crippen molar-refractivity contribution in [3.05, 3.63) is 21.4 Å². The molecule has 1 aromatic rings. The van der Waals surface area contributed by atoms with Crippen molar-refractivity contribution < 1.29 is 9.59 Å². The van der Waals surface area contributed by atoms with Gasteiger partial charge in [-0.25, -0.2) is 0 Å². The van der Waals surface area contributed by atoms with Crippen LogP contribution in [-0.2, 0) is 11.2 Å². The van der Waals surface area contributed by atoms with Gasteiger partial charge in [0, 0.05) is 4.88 Å². The van der Waals surface area contributed by atoms with Crippen LogP contribution in [0.15, 0.2) is 6.07 Å². The number of nitrogens with one attached hydrogen (secondary N) is 2. The average molecular weight is 272 g/mol. The van der Waals surface area contributed by atoms with Gasteiger partial charge in [0.15, 0.2) is 0 Å². The molecule has 1 rings (SSSR count). The zero-order chi connectivity index (χ0) is 12.8. The summed E-state index contributed by atoms with van der Waals surface area (Å²) in [6.07, 6.45) is 2.75. The van der Waals surface area contributed by atoms with Crippen LogP contribution in [0.1, 0.15) is 27.0 Å². The average Bonchev–Trinajstić information content (AvgIpc) is 2.68. The van der Waals surface area contributed by atoms with Crippen LogP contribution in [0.3, 0.4) is 0 Å². The minimum absolute atomic E-state index is 0.199. The highest BCUT2D eigenvalue weighted by Gasteiger charge is 2.12. The zero-order valence-electron chi connectivity index (χ0n) is 10.1. The molecule has 0 radical (unpaired) electrons. The van der Waals surface area contributed by atoms with Gasteiger partial charge < -0.3 is 0 Å². The van der Waals surface area contributed by atoms with E-state index in [1.807, 2.05) is 19.2 Å². The standard InChI is InChI=1S/C11H16N2O2S2/c1-4-8-7(2)5-9(17-8)11(15)13-12-10(14)6-16-3/h5H,4,6H2,1-3H3,(H,12,14)(H,13,15). The van der Waals surface area contributed by atoms with Crippen molar-refractivity contribution in [1.82, 2.24) is 10.9 Å². The summed E-state index contributed by atoms with van der Waals surface area (Å²) in [5.41, 5.74) is 5.91. The summed E-state index contributed by atoms with van der Waals surface area (Å²) >= 11 is 2.87. The molecular formula is C11H16N2O2S2. The van der Waals surface area contributed by atoms with E-state index >= 15 is 0 Å². The molecule has 0 aliphatic carbocycles. The maximum atomic E-state index is 11.7. The molecule has 0 saturated carbocycles. The van der Waals surface area contributed by atoms with Crippen LogP contribution in [0.25, 0.3) is 0 Å². The maximum absolute atomic E-state index is 11.7. The molecule has 1 aromatic heterocycles. The van der Waals surface area contributed by atoms with Gasteiger partial charge in [0.25, 0.3) is 5.91 Å². The van der Waals surface area contributed by atoms with Crippen molar-refractivity contribution in [2.45, 2.75) is 20.3 Å². The fraction of sp³-hybridized carbons (Fsp3) is 0.455. The SMILES string of the molecule is CCc1sc(C(=O)NNC(=O)CSC)cc1C. The van der Waals surface area contributed by atoms with Gasteiger partial charge in [-0.3, -0.25) is 20.4 Å². The Morgan fingerprint density at radius 3 is 2.65 bits per heavy atom. The number of hydrazine groups is 1. The van der Waals surface area contributed by atoms with Gasteiger partial charge in [-0.05, 0) is 31.2 Å². The van der Waals surface area contributed by atoms with E-state index in [0.29, 0.717) is 10.6 Å². The Labute approximate surface area is 109 Å². The molecule has 0 atom stereocenters. The Kier molecular flexibility index (Phi) is 5.50. The lowest BCUT2D eigenvalue weighted by atomic mass is 10.2. The number of carbonyl (C=O) groups excluding carboxylic acids is 2. The van der Waals surface area contributed by atoms with E-state index in [1.54, 1.807) is 0 Å². The quantitative estimate of drug-likeness (QED) is 0.821. The Morgan fingerprint density at radius 1 is 1.41 bits per heavy atom. The molecule has 0 aromatic carbocycles. The van der Waals surface area contributed by atoms with Gasteiger partial charge in [0.1, 0.15) is 0 Å². The predicted molar refractivity (Wildman–Crippen MR) is 72.4 cm³/mol. The van der Waals surface area contributed by atoms with E-state index in [-0.39, 0.29) is 11.8 Å². The molecule has 2 amide bonds. The molecular weight excluding hydrogens is 256 g/mol. The highest BCUT2D eigenvalue weighted by molar-refractivity contribution is 7.99. The molecule has 0 aliphatic heterocycles. The first kappa shape index (κ1) is 14.1. The van der Waals surface area contributed by atoms with E-state index in [2.05, 4.69) is 17.8 Å². The topological polar surface area (TPSA) is 58.2 Å². The van der Waals surface area contributed by atoms with Gasteiger partial charge in [-0.2, -0.15) is 11.8 Å². The second-order valence-electron chi connectivity index (χ2n) is 3.51. The smallest absolute Gasteiger partial charge is 0.272 e. The number of hydrogen-bond donors (Lipinski definition) is 2. The zero-order valence-corrected chi connectivity index (χ0v) is 11.8. The van der Waals surface area contributed by atoms with E-state index in [1.165, 1.54) is 28.0 Å². The van der Waals surface area contributed by atoms with Crippen molar-refractivity contribution in [3.63, 3.8) is 0 Å².